The van der Waals surface area contributed by atoms with Gasteiger partial charge >= 0.3 is 0 Å². The van der Waals surface area contributed by atoms with Crippen molar-refractivity contribution >= 4 is 38.5 Å². The first-order valence-corrected chi connectivity index (χ1v) is 5.25. The van der Waals surface area contributed by atoms with Crippen LogP contribution in [0.3, 0.4) is 0 Å². The predicted octanol–water partition coefficient (Wildman–Crippen LogP) is 3.49. The minimum atomic E-state index is 0.948. The molecule has 0 bridgehead atoms. The fourth-order valence-electron chi connectivity index (χ4n) is 0.719. The largest absolute Gasteiger partial charge is 0.0876 e. The van der Waals surface area contributed by atoms with Crippen LogP contribution in [0.2, 0.25) is 0 Å². The van der Waals surface area contributed by atoms with Gasteiger partial charge in [0.2, 0.25) is 0 Å². The first-order valence-electron chi connectivity index (χ1n) is 3.05. The van der Waals surface area contributed by atoms with Gasteiger partial charge in [-0.15, -0.1) is 0 Å². The summed E-state index contributed by atoms with van der Waals surface area (Å²) in [6.07, 6.45) is 0. The molecule has 0 aliphatic heterocycles. The van der Waals surface area contributed by atoms with E-state index in [1.807, 2.05) is 0 Å². The molecule has 0 fully saturated rings. The van der Waals surface area contributed by atoms with Gasteiger partial charge < -0.3 is 0 Å². The Bertz CT molecular complexity index is 233. The highest BCUT2D eigenvalue weighted by Gasteiger charge is 1.94. The average Bonchev–Trinajstić information content (AvgIpc) is 1.95. The van der Waals surface area contributed by atoms with E-state index in [4.69, 9.17) is 0 Å². The molecule has 1 aromatic rings. The van der Waals surface area contributed by atoms with Crippen LogP contribution < -0.4 is 0 Å². The molecule has 0 spiro atoms. The van der Waals surface area contributed by atoms with E-state index >= 15 is 0 Å². The van der Waals surface area contributed by atoms with Crippen molar-refractivity contribution in [3.8, 4) is 0 Å². The molecule has 0 unspecified atom stereocenters. The van der Waals surface area contributed by atoms with Gasteiger partial charge in [-0.05, 0) is 46.7 Å². The molecule has 0 aromatic heterocycles. The van der Waals surface area contributed by atoms with Crippen LogP contribution >= 0.6 is 38.5 Å². The van der Waals surface area contributed by atoms with E-state index in [0.717, 1.165) is 5.33 Å². The van der Waals surface area contributed by atoms with Gasteiger partial charge in [-0.25, -0.2) is 0 Å². The van der Waals surface area contributed by atoms with Crippen LogP contribution in [0.5, 0.6) is 0 Å². The van der Waals surface area contributed by atoms with Crippen molar-refractivity contribution in [2.45, 2.75) is 12.3 Å². The standard InChI is InChI=1S/C8H8BrI/c1-6-2-3-7(5-9)4-8(6)10/h2-4H,5H2,1H3. The number of rotatable bonds is 1. The van der Waals surface area contributed by atoms with Crippen molar-refractivity contribution in [3.63, 3.8) is 0 Å². The second kappa shape index (κ2) is 3.72. The highest BCUT2D eigenvalue weighted by Crippen LogP contribution is 2.14. The summed E-state index contributed by atoms with van der Waals surface area (Å²) >= 11 is 5.77. The van der Waals surface area contributed by atoms with Crippen molar-refractivity contribution in [2.24, 2.45) is 0 Å². The fourth-order valence-corrected chi connectivity index (χ4v) is 1.65. The minimum absolute atomic E-state index is 0.948. The molecule has 0 N–H and O–H groups in total. The summed E-state index contributed by atoms with van der Waals surface area (Å²) in [5, 5.41) is 0.948. The summed E-state index contributed by atoms with van der Waals surface area (Å²) in [4.78, 5) is 0. The van der Waals surface area contributed by atoms with Crippen molar-refractivity contribution in [1.29, 1.82) is 0 Å². The molecule has 0 amide bonds. The Hall–Kier alpha value is 0.430. The normalized spacial score (nSPS) is 9.90. The molecule has 0 atom stereocenters. The summed E-state index contributed by atoms with van der Waals surface area (Å²) in [5.74, 6) is 0. The quantitative estimate of drug-likeness (QED) is 0.550. The monoisotopic (exact) mass is 310 g/mol. The molecule has 0 nitrogen and oxygen atoms in total. The Morgan fingerprint density at radius 2 is 2.20 bits per heavy atom. The highest BCUT2D eigenvalue weighted by molar-refractivity contribution is 14.1. The number of hydrogen-bond acceptors (Lipinski definition) is 0. The third-order valence-corrected chi connectivity index (χ3v) is 3.20. The summed E-state index contributed by atoms with van der Waals surface area (Å²) in [5.41, 5.74) is 2.69. The molecule has 0 aliphatic rings. The fraction of sp³-hybridized carbons (Fsp3) is 0.250. The topological polar surface area (TPSA) is 0 Å². The van der Waals surface area contributed by atoms with E-state index < -0.39 is 0 Å². The molecule has 1 rings (SSSR count). The van der Waals surface area contributed by atoms with Crippen LogP contribution in [0.15, 0.2) is 18.2 Å². The SMILES string of the molecule is Cc1ccc(CBr)cc1I. The third kappa shape index (κ3) is 1.95. The van der Waals surface area contributed by atoms with Crippen molar-refractivity contribution < 1.29 is 0 Å². The molecule has 0 heterocycles. The molecule has 10 heavy (non-hydrogen) atoms. The third-order valence-electron chi connectivity index (χ3n) is 1.39. The average molecular weight is 311 g/mol. The van der Waals surface area contributed by atoms with Crippen LogP contribution in [0.1, 0.15) is 11.1 Å². The highest BCUT2D eigenvalue weighted by atomic mass is 127. The van der Waals surface area contributed by atoms with Crippen molar-refractivity contribution in [1.82, 2.24) is 0 Å². The molecular weight excluding hydrogens is 303 g/mol. The lowest BCUT2D eigenvalue weighted by molar-refractivity contribution is 1.35. The number of aryl methyl sites for hydroxylation is 1. The first-order chi connectivity index (χ1) is 4.74. The maximum Gasteiger partial charge on any atom is 0.0283 e. The second-order valence-corrected chi connectivity index (χ2v) is 3.94. The Morgan fingerprint density at radius 1 is 1.50 bits per heavy atom. The van der Waals surface area contributed by atoms with Gasteiger partial charge in [-0.2, -0.15) is 0 Å². The summed E-state index contributed by atoms with van der Waals surface area (Å²) < 4.78 is 1.34. The molecule has 2 heteroatoms. The zero-order valence-corrected chi connectivity index (χ0v) is 9.44. The molecule has 0 saturated heterocycles. The number of alkyl halides is 1. The van der Waals surface area contributed by atoms with Gasteiger partial charge in [0.25, 0.3) is 0 Å². The smallest absolute Gasteiger partial charge is 0.0283 e. The van der Waals surface area contributed by atoms with Gasteiger partial charge in [0.05, 0.1) is 0 Å². The number of benzene rings is 1. The zero-order valence-electron chi connectivity index (χ0n) is 5.70. The van der Waals surface area contributed by atoms with Gasteiger partial charge in [0.1, 0.15) is 0 Å². The van der Waals surface area contributed by atoms with Crippen LogP contribution in [-0.4, -0.2) is 0 Å². The van der Waals surface area contributed by atoms with Crippen LogP contribution in [0.4, 0.5) is 0 Å². The Balaban J connectivity index is 3.04. The summed E-state index contributed by atoms with van der Waals surface area (Å²) in [6.45, 7) is 2.12. The lowest BCUT2D eigenvalue weighted by atomic mass is 10.2. The Labute approximate surface area is 83.3 Å². The summed E-state index contributed by atoms with van der Waals surface area (Å²) in [6, 6.07) is 6.50. The van der Waals surface area contributed by atoms with E-state index in [9.17, 15) is 0 Å². The second-order valence-electron chi connectivity index (χ2n) is 2.22. The van der Waals surface area contributed by atoms with Crippen LogP contribution in [0, 0.1) is 10.5 Å². The lowest BCUT2D eigenvalue weighted by Crippen LogP contribution is -1.82. The molecule has 0 saturated carbocycles. The van der Waals surface area contributed by atoms with Crippen molar-refractivity contribution in [2.75, 3.05) is 0 Å². The van der Waals surface area contributed by atoms with Gasteiger partial charge in [-0.1, -0.05) is 28.1 Å². The molecule has 54 valence electrons. The van der Waals surface area contributed by atoms with E-state index in [1.165, 1.54) is 14.7 Å². The molecule has 1 aromatic carbocycles. The van der Waals surface area contributed by atoms with E-state index in [-0.39, 0.29) is 0 Å². The van der Waals surface area contributed by atoms with Gasteiger partial charge in [0, 0.05) is 8.90 Å². The Morgan fingerprint density at radius 3 is 2.70 bits per heavy atom. The molecule has 0 aliphatic carbocycles. The van der Waals surface area contributed by atoms with Crippen LogP contribution in [-0.2, 0) is 5.33 Å². The molecule has 0 radical (unpaired) electrons. The Kier molecular flexibility index (Phi) is 3.17. The zero-order chi connectivity index (χ0) is 7.56. The summed E-state index contributed by atoms with van der Waals surface area (Å²) in [7, 11) is 0. The van der Waals surface area contributed by atoms with Gasteiger partial charge in [0.15, 0.2) is 0 Å². The first kappa shape index (κ1) is 8.53. The minimum Gasteiger partial charge on any atom is -0.0876 e. The van der Waals surface area contributed by atoms with E-state index in [2.05, 4.69) is 63.6 Å². The number of hydrogen-bond donors (Lipinski definition) is 0. The molecular formula is C8H8BrI. The number of halogens is 2. The van der Waals surface area contributed by atoms with Gasteiger partial charge in [-0.3, -0.25) is 0 Å². The van der Waals surface area contributed by atoms with Crippen LogP contribution in [0.25, 0.3) is 0 Å². The lowest BCUT2D eigenvalue weighted by Gasteiger charge is -1.99. The van der Waals surface area contributed by atoms with Crippen molar-refractivity contribution in [3.05, 3.63) is 32.9 Å². The maximum atomic E-state index is 3.41. The maximum absolute atomic E-state index is 3.41. The van der Waals surface area contributed by atoms with E-state index in [0.29, 0.717) is 0 Å². The predicted molar refractivity (Wildman–Crippen MR) is 56.5 cm³/mol. The van der Waals surface area contributed by atoms with E-state index in [1.54, 1.807) is 0 Å².